The van der Waals surface area contributed by atoms with Gasteiger partial charge < -0.3 is 41.8 Å². The van der Waals surface area contributed by atoms with E-state index in [1.807, 2.05) is 0 Å². The van der Waals surface area contributed by atoms with Crippen LogP contribution in [0.3, 0.4) is 0 Å². The summed E-state index contributed by atoms with van der Waals surface area (Å²) in [6.07, 6.45) is -0.833. The SMILES string of the molecule is CC1(C)C(NC(=O)/C(=N\OC(COc2ccc3nc(SCCCN)[nH]c3c2)C(=O)O)C2=CSC(N)N2)C(=O)N1OS(=O)(=O)O. The van der Waals surface area contributed by atoms with Gasteiger partial charge in [-0.2, -0.15) is 13.5 Å². The lowest BCUT2D eigenvalue weighted by Gasteiger charge is -2.50. The molecule has 2 amide bonds. The number of benzene rings is 1. The molecule has 9 N–H and O–H groups in total. The first-order valence-corrected chi connectivity index (χ1v) is 16.1. The molecule has 21 heteroatoms. The van der Waals surface area contributed by atoms with Gasteiger partial charge in [0, 0.05) is 17.2 Å². The Morgan fingerprint density at radius 1 is 1.36 bits per heavy atom. The molecule has 0 radical (unpaired) electrons. The van der Waals surface area contributed by atoms with Crippen molar-refractivity contribution < 1.29 is 46.3 Å². The van der Waals surface area contributed by atoms with Crippen LogP contribution < -0.4 is 26.8 Å². The maximum absolute atomic E-state index is 13.2. The van der Waals surface area contributed by atoms with Gasteiger partial charge >= 0.3 is 16.4 Å². The molecular formula is C23H30N8O10S3. The van der Waals surface area contributed by atoms with Crippen molar-refractivity contribution in [1.29, 1.82) is 0 Å². The van der Waals surface area contributed by atoms with Crippen LogP contribution in [0.25, 0.3) is 11.0 Å². The number of carboxylic acid groups (broad SMARTS) is 1. The highest BCUT2D eigenvalue weighted by Gasteiger charge is 2.58. The van der Waals surface area contributed by atoms with Gasteiger partial charge in [-0.15, -0.1) is 4.28 Å². The number of imidazole rings is 1. The Labute approximate surface area is 259 Å². The molecule has 0 spiro atoms. The minimum absolute atomic E-state index is 0.0745. The molecular weight excluding hydrogens is 645 g/mol. The summed E-state index contributed by atoms with van der Waals surface area (Å²) in [6.45, 7) is 2.82. The summed E-state index contributed by atoms with van der Waals surface area (Å²) in [5, 5.41) is 21.2. The molecule has 3 unspecified atom stereocenters. The maximum Gasteiger partial charge on any atom is 0.418 e. The number of aliphatic carboxylic acids is 1. The number of ether oxygens (including phenoxy) is 1. The number of carboxylic acids is 1. The highest BCUT2D eigenvalue weighted by Crippen LogP contribution is 2.33. The zero-order chi connectivity index (χ0) is 32.2. The second kappa shape index (κ2) is 13.6. The van der Waals surface area contributed by atoms with Crippen molar-refractivity contribution in [2.24, 2.45) is 16.6 Å². The summed E-state index contributed by atoms with van der Waals surface area (Å²) in [4.78, 5) is 50.5. The quantitative estimate of drug-likeness (QED) is 0.0312. The van der Waals surface area contributed by atoms with Crippen molar-refractivity contribution in [2.45, 2.75) is 48.6 Å². The number of nitrogens with one attached hydrogen (secondary N) is 3. The minimum atomic E-state index is -5.01. The van der Waals surface area contributed by atoms with Crippen molar-refractivity contribution >= 4 is 68.5 Å². The average Bonchev–Trinajstić information content (AvgIpc) is 3.56. The van der Waals surface area contributed by atoms with Crippen molar-refractivity contribution in [2.75, 3.05) is 18.9 Å². The van der Waals surface area contributed by atoms with E-state index in [0.717, 1.165) is 23.9 Å². The number of hydrogen-bond acceptors (Lipinski definition) is 15. The van der Waals surface area contributed by atoms with Crippen LogP contribution >= 0.6 is 23.5 Å². The van der Waals surface area contributed by atoms with Crippen molar-refractivity contribution in [3.8, 4) is 5.75 Å². The summed E-state index contributed by atoms with van der Waals surface area (Å²) in [7, 11) is -5.01. The van der Waals surface area contributed by atoms with Gasteiger partial charge in [0.15, 0.2) is 10.9 Å². The minimum Gasteiger partial charge on any atom is -0.489 e. The first-order valence-electron chi connectivity index (χ1n) is 12.8. The second-order valence-electron chi connectivity index (χ2n) is 9.82. The average molecular weight is 675 g/mol. The number of aromatic nitrogens is 2. The Hall–Kier alpha value is -3.60. The van der Waals surface area contributed by atoms with Crippen LogP contribution in [0.2, 0.25) is 0 Å². The smallest absolute Gasteiger partial charge is 0.418 e. The molecule has 1 aromatic heterocycles. The van der Waals surface area contributed by atoms with Crippen LogP contribution in [0.5, 0.6) is 5.75 Å². The number of carbonyl (C=O) groups excluding carboxylic acids is 2. The molecule has 4 rings (SSSR count). The number of nitrogens with zero attached hydrogens (tertiary/aromatic N) is 3. The van der Waals surface area contributed by atoms with Crippen molar-refractivity contribution in [3.05, 3.63) is 29.3 Å². The van der Waals surface area contributed by atoms with Crippen molar-refractivity contribution in [1.82, 2.24) is 25.7 Å². The van der Waals surface area contributed by atoms with Gasteiger partial charge in [-0.25, -0.2) is 9.78 Å². The van der Waals surface area contributed by atoms with Gasteiger partial charge in [0.2, 0.25) is 0 Å². The summed E-state index contributed by atoms with van der Waals surface area (Å²) < 4.78 is 41.0. The van der Waals surface area contributed by atoms with Crippen LogP contribution in [0, 0.1) is 0 Å². The molecule has 240 valence electrons. The molecule has 1 aromatic carbocycles. The fraction of sp³-hybridized carbons (Fsp3) is 0.435. The fourth-order valence-electron chi connectivity index (χ4n) is 3.93. The lowest BCUT2D eigenvalue weighted by atomic mass is 9.84. The molecule has 3 heterocycles. The Balaban J connectivity index is 1.45. The standard InChI is InChI=1S/C23H30N8O10S3/c1-23(2)17(19(33)31(23)41-44(36,37)38)29-18(32)16(14-10-43-21(25)26-14)30-40-15(20(34)35)9-39-11-4-5-12-13(8-11)28-22(27-12)42-7-3-6-24/h4-5,8,10,15,17,21,26H,3,6-7,9,24-25H2,1-2H3,(H,27,28)(H,29,32)(H,34,35)(H,36,37,38)/b30-16-. The highest BCUT2D eigenvalue weighted by molar-refractivity contribution is 8.02. The number of nitrogens with two attached hydrogens (primary N) is 2. The molecule has 0 bridgehead atoms. The van der Waals surface area contributed by atoms with E-state index < -0.39 is 63.7 Å². The van der Waals surface area contributed by atoms with E-state index >= 15 is 0 Å². The zero-order valence-electron chi connectivity index (χ0n) is 23.3. The number of rotatable bonds is 15. The number of oxime groups is 1. The third-order valence-electron chi connectivity index (χ3n) is 6.19. The van der Waals surface area contributed by atoms with Crippen molar-refractivity contribution in [3.63, 3.8) is 0 Å². The summed E-state index contributed by atoms with van der Waals surface area (Å²) in [6, 6.07) is 3.65. The zero-order valence-corrected chi connectivity index (χ0v) is 25.7. The van der Waals surface area contributed by atoms with E-state index in [1.54, 1.807) is 18.2 Å². The topological polar surface area (TPSA) is 274 Å². The molecule has 2 aliphatic heterocycles. The van der Waals surface area contributed by atoms with Gasteiger partial charge in [-0.05, 0) is 38.9 Å². The number of H-pyrrole nitrogens is 1. The largest absolute Gasteiger partial charge is 0.489 e. The molecule has 2 aromatic rings. The Kier molecular flexibility index (Phi) is 10.3. The highest BCUT2D eigenvalue weighted by atomic mass is 32.3. The number of hydroxylamine groups is 2. The molecule has 2 aliphatic rings. The number of hydrogen-bond donors (Lipinski definition) is 7. The lowest BCUT2D eigenvalue weighted by Crippen LogP contribution is -2.77. The third-order valence-corrected chi connectivity index (χ3v) is 8.27. The van der Waals surface area contributed by atoms with Crippen LogP contribution in [0.15, 0.2) is 39.6 Å². The fourth-order valence-corrected chi connectivity index (χ4v) is 5.89. The van der Waals surface area contributed by atoms with Crippen LogP contribution in [0.1, 0.15) is 20.3 Å². The number of aromatic amines is 1. The van der Waals surface area contributed by atoms with Gasteiger partial charge in [0.1, 0.15) is 23.9 Å². The van der Waals surface area contributed by atoms with Crippen LogP contribution in [-0.4, -0.2) is 98.7 Å². The molecule has 0 saturated carbocycles. The van der Waals surface area contributed by atoms with E-state index in [1.165, 1.54) is 31.0 Å². The van der Waals surface area contributed by atoms with Gasteiger partial charge in [-0.1, -0.05) is 28.7 Å². The first-order chi connectivity index (χ1) is 20.7. The van der Waals surface area contributed by atoms with E-state index in [4.69, 9.17) is 25.6 Å². The molecule has 1 fully saturated rings. The van der Waals surface area contributed by atoms with Crippen LogP contribution in [0.4, 0.5) is 0 Å². The Morgan fingerprint density at radius 3 is 2.73 bits per heavy atom. The third kappa shape index (κ3) is 7.91. The van der Waals surface area contributed by atoms with E-state index in [9.17, 15) is 27.9 Å². The summed E-state index contributed by atoms with van der Waals surface area (Å²) in [5.41, 5.74) is 10.3. The molecule has 0 aliphatic carbocycles. The number of fused-ring (bicyclic) bond motifs is 1. The number of β-lactam (4-membered cyclic amide) rings is 1. The molecule has 3 atom stereocenters. The van der Waals surface area contributed by atoms with Crippen LogP contribution in [-0.2, 0) is 33.9 Å². The Bertz CT molecular complexity index is 1600. The van der Waals surface area contributed by atoms with E-state index in [-0.39, 0.29) is 5.70 Å². The second-order valence-corrected chi connectivity index (χ2v) is 12.9. The number of thioether (sulfide) groups is 2. The number of amides is 2. The first kappa shape index (κ1) is 33.3. The molecule has 44 heavy (non-hydrogen) atoms. The van der Waals surface area contributed by atoms with E-state index in [0.29, 0.717) is 33.5 Å². The van der Waals surface area contributed by atoms with Gasteiger partial charge in [0.25, 0.3) is 17.9 Å². The monoisotopic (exact) mass is 674 g/mol. The van der Waals surface area contributed by atoms with Gasteiger partial charge in [0.05, 0.1) is 22.3 Å². The molecule has 18 nitrogen and oxygen atoms in total. The predicted molar refractivity (Wildman–Crippen MR) is 158 cm³/mol. The summed E-state index contributed by atoms with van der Waals surface area (Å²) in [5.74, 6) is -2.28. The summed E-state index contributed by atoms with van der Waals surface area (Å²) >= 11 is 2.61. The normalized spacial score (nSPS) is 20.5. The number of carbonyl (C=O) groups is 3. The van der Waals surface area contributed by atoms with E-state index in [2.05, 4.69) is 30.0 Å². The maximum atomic E-state index is 13.2. The Morgan fingerprint density at radius 2 is 2.11 bits per heavy atom. The van der Waals surface area contributed by atoms with Gasteiger partial charge in [-0.3, -0.25) is 14.1 Å². The predicted octanol–water partition coefficient (Wildman–Crippen LogP) is -0.531. The molecule has 1 saturated heterocycles. The lowest BCUT2D eigenvalue weighted by molar-refractivity contribution is -0.218.